The van der Waals surface area contributed by atoms with Gasteiger partial charge < -0.3 is 20.4 Å². The number of nitrogens with zero attached hydrogens (tertiary/aromatic N) is 7. The number of anilines is 1. The average molecular weight is 637 g/mol. The summed E-state index contributed by atoms with van der Waals surface area (Å²) in [7, 11) is 1.43. The summed E-state index contributed by atoms with van der Waals surface area (Å²) < 4.78 is 6.91. The predicted octanol–water partition coefficient (Wildman–Crippen LogP) is 4.48. The number of aryl methyl sites for hydroxylation is 1. The van der Waals surface area contributed by atoms with Crippen LogP contribution in [0.1, 0.15) is 24.4 Å². The van der Waals surface area contributed by atoms with Gasteiger partial charge >= 0.3 is 6.09 Å². The van der Waals surface area contributed by atoms with Crippen LogP contribution in [0.2, 0.25) is 0 Å². The molecule has 2 aliphatic rings. The number of rotatable bonds is 4. The molecule has 2 N–H and O–H groups in total. The average Bonchev–Trinajstić information content (AvgIpc) is 3.37. The fraction of sp³-hybridized carbons (Fsp3) is 0.323. The van der Waals surface area contributed by atoms with Crippen molar-refractivity contribution in [2.75, 3.05) is 39.0 Å². The van der Waals surface area contributed by atoms with Gasteiger partial charge in [0.1, 0.15) is 17.8 Å². The van der Waals surface area contributed by atoms with Crippen LogP contribution in [0.5, 0.6) is 0 Å². The number of methoxy groups -OCH3 is 1. The molecule has 0 bridgehead atoms. The minimum atomic E-state index is -0.252. The van der Waals surface area contributed by atoms with Crippen LogP contribution in [-0.4, -0.2) is 80.0 Å². The number of nitrogens with two attached hydrogens (primary N) is 1. The Morgan fingerprint density at radius 1 is 1.02 bits per heavy atom. The number of fused-ring (bicyclic) bond motifs is 2. The third-order valence-electron chi connectivity index (χ3n) is 8.57. The number of carbonyl (C=O) groups excluding carboxylic acids is 1. The van der Waals surface area contributed by atoms with E-state index in [0.29, 0.717) is 24.9 Å². The summed E-state index contributed by atoms with van der Waals surface area (Å²) in [5.41, 5.74) is 12.8. The topological polar surface area (TPSA) is 115 Å². The van der Waals surface area contributed by atoms with Crippen molar-refractivity contribution in [1.29, 1.82) is 0 Å². The van der Waals surface area contributed by atoms with Gasteiger partial charge in [0.25, 0.3) is 0 Å². The van der Waals surface area contributed by atoms with Gasteiger partial charge in [0.2, 0.25) is 0 Å². The molecule has 0 unspecified atom stereocenters. The standard InChI is InChI=1S/C31H31N8O2.Y/c1-19-24(10-8-21-9-11-25(35-27(19)21)20-6-4-3-5-7-20)28-26-29(32)33-18-34-30(26)39(36-28)23-16-22(17-23)37-12-14-38(15-13-37)31(40)41-2;/h3-8,10-11,18,22-23H,12-17H2,1-2H3,(H2,32,33,34);/q-1;. The Morgan fingerprint density at radius 2 is 1.79 bits per heavy atom. The van der Waals surface area contributed by atoms with Crippen molar-refractivity contribution in [2.45, 2.75) is 31.8 Å². The molecule has 0 spiro atoms. The van der Waals surface area contributed by atoms with Gasteiger partial charge in [-0.1, -0.05) is 42.0 Å². The van der Waals surface area contributed by atoms with Gasteiger partial charge in [0, 0.05) is 64.9 Å². The molecule has 1 amide bonds. The van der Waals surface area contributed by atoms with Crippen molar-refractivity contribution in [2.24, 2.45) is 0 Å². The van der Waals surface area contributed by atoms with Crippen LogP contribution in [0.25, 0.3) is 44.5 Å². The van der Waals surface area contributed by atoms with Crippen molar-refractivity contribution in [3.8, 4) is 22.5 Å². The third kappa shape index (κ3) is 4.95. The SMILES string of the molecule is COC(=O)N1CCN(C2CC(n3nc(-c4ccc5[c-]cc(-c6ccccc6)nc5c4C)c4c(N)ncnc43)C2)CC1.[Y]. The third-order valence-corrected chi connectivity index (χ3v) is 8.57. The Morgan fingerprint density at radius 3 is 2.52 bits per heavy atom. The Bertz CT molecular complexity index is 1760. The summed E-state index contributed by atoms with van der Waals surface area (Å²) >= 11 is 0. The molecule has 211 valence electrons. The molecule has 0 atom stereocenters. The molecule has 1 aliphatic heterocycles. The molecule has 42 heavy (non-hydrogen) atoms. The van der Waals surface area contributed by atoms with Crippen LogP contribution < -0.4 is 5.73 Å². The number of aromatic nitrogens is 5. The first-order valence-electron chi connectivity index (χ1n) is 13.9. The molecule has 10 nitrogen and oxygen atoms in total. The summed E-state index contributed by atoms with van der Waals surface area (Å²) in [6.07, 6.45) is 3.19. The van der Waals surface area contributed by atoms with Gasteiger partial charge in [0.15, 0.2) is 5.65 Å². The number of piperazine rings is 1. The quantitative estimate of drug-likeness (QED) is 0.287. The Hall–Kier alpha value is -3.47. The van der Waals surface area contributed by atoms with Gasteiger partial charge in [0.05, 0.1) is 18.5 Å². The van der Waals surface area contributed by atoms with Crippen molar-refractivity contribution < 1.29 is 42.2 Å². The minimum absolute atomic E-state index is 0. The van der Waals surface area contributed by atoms with Crippen LogP contribution in [0.3, 0.4) is 0 Å². The van der Waals surface area contributed by atoms with Crippen LogP contribution in [0.15, 0.2) is 54.9 Å². The number of amides is 1. The second-order valence-corrected chi connectivity index (χ2v) is 10.8. The summed E-state index contributed by atoms with van der Waals surface area (Å²) in [5.74, 6) is 0.420. The van der Waals surface area contributed by atoms with Gasteiger partial charge in [-0.05, 0) is 42.1 Å². The summed E-state index contributed by atoms with van der Waals surface area (Å²) in [6.45, 7) is 5.14. The van der Waals surface area contributed by atoms with E-state index in [4.69, 9.17) is 20.6 Å². The van der Waals surface area contributed by atoms with Gasteiger partial charge in [-0.2, -0.15) is 5.10 Å². The Labute approximate surface area is 269 Å². The van der Waals surface area contributed by atoms with Crippen molar-refractivity contribution in [3.05, 3.63) is 66.5 Å². The fourth-order valence-corrected chi connectivity index (χ4v) is 6.17. The number of benzene rings is 2. The zero-order valence-corrected chi connectivity index (χ0v) is 26.5. The zero-order chi connectivity index (χ0) is 28.1. The van der Waals surface area contributed by atoms with E-state index in [-0.39, 0.29) is 44.8 Å². The largest absolute Gasteiger partial charge is 0.453 e. The van der Waals surface area contributed by atoms with E-state index >= 15 is 0 Å². The molecule has 2 aromatic carbocycles. The van der Waals surface area contributed by atoms with E-state index in [1.54, 1.807) is 4.90 Å². The molecular weight excluding hydrogens is 605 g/mol. The fourth-order valence-electron chi connectivity index (χ4n) is 6.17. The van der Waals surface area contributed by atoms with E-state index in [2.05, 4.69) is 46.1 Å². The summed E-state index contributed by atoms with van der Waals surface area (Å²) in [6, 6.07) is 20.2. The molecule has 11 heteroatoms. The normalized spacial score (nSPS) is 19.0. The molecule has 7 rings (SSSR count). The predicted molar refractivity (Wildman–Crippen MR) is 157 cm³/mol. The first-order valence-corrected chi connectivity index (χ1v) is 13.9. The molecule has 1 radical (unpaired) electrons. The van der Waals surface area contributed by atoms with Crippen molar-refractivity contribution in [3.63, 3.8) is 0 Å². The van der Waals surface area contributed by atoms with E-state index in [1.807, 2.05) is 35.0 Å². The van der Waals surface area contributed by atoms with Gasteiger partial charge in [-0.3, -0.25) is 4.90 Å². The molecular formula is C31H31N8O2Y-. The van der Waals surface area contributed by atoms with Crippen LogP contribution in [0, 0.1) is 13.0 Å². The number of nitrogen functional groups attached to an aromatic ring is 1. The van der Waals surface area contributed by atoms with Crippen molar-refractivity contribution >= 4 is 33.8 Å². The molecule has 5 aromatic rings. The maximum Gasteiger partial charge on any atom is 0.409 e. The van der Waals surface area contributed by atoms with E-state index in [1.165, 1.54) is 13.4 Å². The maximum absolute atomic E-state index is 11.9. The van der Waals surface area contributed by atoms with E-state index in [0.717, 1.165) is 75.9 Å². The number of carbonyl (C=O) groups is 1. The zero-order valence-electron chi connectivity index (χ0n) is 23.7. The molecule has 4 heterocycles. The van der Waals surface area contributed by atoms with Crippen LogP contribution in [0.4, 0.5) is 10.6 Å². The molecule has 1 aliphatic carbocycles. The first kappa shape index (κ1) is 28.6. The first-order chi connectivity index (χ1) is 20.0. The minimum Gasteiger partial charge on any atom is -0.453 e. The Kier molecular flexibility index (Phi) is 7.96. The van der Waals surface area contributed by atoms with Crippen molar-refractivity contribution in [1.82, 2.24) is 34.5 Å². The van der Waals surface area contributed by atoms with Crippen LogP contribution >= 0.6 is 0 Å². The monoisotopic (exact) mass is 636 g/mol. The number of hydrogen-bond acceptors (Lipinski definition) is 8. The molecule has 1 saturated heterocycles. The van der Waals surface area contributed by atoms with E-state index < -0.39 is 0 Å². The van der Waals surface area contributed by atoms with Gasteiger partial charge in [-0.25, -0.2) is 19.4 Å². The molecule has 3 aromatic heterocycles. The van der Waals surface area contributed by atoms with E-state index in [9.17, 15) is 4.79 Å². The molecule has 1 saturated carbocycles. The summed E-state index contributed by atoms with van der Waals surface area (Å²) in [4.78, 5) is 30.1. The smallest absolute Gasteiger partial charge is 0.409 e. The molecule has 2 fully saturated rings. The maximum atomic E-state index is 11.9. The van der Waals surface area contributed by atoms with Crippen LogP contribution in [-0.2, 0) is 37.4 Å². The second-order valence-electron chi connectivity index (χ2n) is 10.8. The number of pyridine rings is 1. The van der Waals surface area contributed by atoms with Gasteiger partial charge in [-0.15, -0.1) is 23.6 Å². The summed E-state index contributed by atoms with van der Waals surface area (Å²) in [5, 5.41) is 6.85. The Balaban J connectivity index is 0.00000316. The second kappa shape index (κ2) is 11.7. The number of ether oxygens (including phenoxy) is 1. The number of hydrogen-bond donors (Lipinski definition) is 1.